The summed E-state index contributed by atoms with van der Waals surface area (Å²) in [5.74, 6) is 0.979. The van der Waals surface area contributed by atoms with Gasteiger partial charge in [-0.05, 0) is 17.5 Å². The quantitative estimate of drug-likeness (QED) is 0.867. The highest BCUT2D eigenvalue weighted by molar-refractivity contribution is 9.10. The molecule has 4 heteroatoms. The van der Waals surface area contributed by atoms with Crippen LogP contribution in [-0.2, 0) is 11.2 Å². The second-order valence-electron chi connectivity index (χ2n) is 5.20. The van der Waals surface area contributed by atoms with Gasteiger partial charge in [0, 0.05) is 13.0 Å². The van der Waals surface area contributed by atoms with Crippen molar-refractivity contribution in [3.8, 4) is 0 Å². The first-order valence-corrected chi connectivity index (χ1v) is 7.74. The zero-order valence-corrected chi connectivity index (χ0v) is 12.7. The number of rotatable bonds is 3. The van der Waals surface area contributed by atoms with E-state index in [4.69, 9.17) is 4.74 Å². The van der Waals surface area contributed by atoms with Gasteiger partial charge in [0.2, 0.25) is 0 Å². The molecule has 2 unspecified atom stereocenters. The first-order chi connectivity index (χ1) is 9.22. The number of hydrogen-bond acceptors (Lipinski definition) is 3. The van der Waals surface area contributed by atoms with Crippen LogP contribution < -0.4 is 5.32 Å². The number of hydrogen-bond donors (Lipinski definition) is 1. The average Bonchev–Trinajstić information content (AvgIpc) is 2.91. The van der Waals surface area contributed by atoms with Gasteiger partial charge in [-0.3, -0.25) is 4.99 Å². The molecule has 0 saturated heterocycles. The minimum atomic E-state index is -0.256. The Balaban J connectivity index is 1.98. The van der Waals surface area contributed by atoms with Crippen LogP contribution in [0.5, 0.6) is 0 Å². The maximum absolute atomic E-state index is 6.35. The average molecular weight is 323 g/mol. The lowest BCUT2D eigenvalue weighted by Gasteiger charge is -2.38. The monoisotopic (exact) mass is 322 g/mol. The molecule has 1 aromatic rings. The molecular weight excluding hydrogens is 304 g/mol. The molecule has 1 aromatic carbocycles. The first-order valence-electron chi connectivity index (χ1n) is 6.94. The summed E-state index contributed by atoms with van der Waals surface area (Å²) in [7, 11) is 0. The van der Waals surface area contributed by atoms with Crippen LogP contribution in [0.4, 0.5) is 0 Å². The van der Waals surface area contributed by atoms with Crippen molar-refractivity contribution in [2.24, 2.45) is 4.99 Å². The number of nitrogens with zero attached hydrogens (tertiary/aromatic N) is 1. The van der Waals surface area contributed by atoms with Crippen LogP contribution in [0.2, 0.25) is 0 Å². The summed E-state index contributed by atoms with van der Waals surface area (Å²) in [6.45, 7) is 3.95. The molecule has 1 N–H and O–H groups in total. The Morgan fingerprint density at radius 1 is 1.47 bits per heavy atom. The molecule has 0 aliphatic carbocycles. The molecule has 0 radical (unpaired) electrons. The fourth-order valence-electron chi connectivity index (χ4n) is 2.87. The predicted octanol–water partition coefficient (Wildman–Crippen LogP) is 3.19. The fourth-order valence-corrected chi connectivity index (χ4v) is 3.75. The third kappa shape index (κ3) is 2.56. The van der Waals surface area contributed by atoms with Gasteiger partial charge in [0.15, 0.2) is 0 Å². The normalized spacial score (nSPS) is 29.6. The van der Waals surface area contributed by atoms with Crippen LogP contribution in [0.25, 0.3) is 0 Å². The molecule has 2 heterocycles. The van der Waals surface area contributed by atoms with E-state index in [0.29, 0.717) is 0 Å². The fraction of sp³-hybridized carbons (Fsp3) is 0.533. The summed E-state index contributed by atoms with van der Waals surface area (Å²) in [6.07, 6.45) is 2.96. The second kappa shape index (κ2) is 5.25. The van der Waals surface area contributed by atoms with Gasteiger partial charge in [0.25, 0.3) is 0 Å². The highest BCUT2D eigenvalue weighted by Crippen LogP contribution is 2.42. The molecule has 0 aromatic heterocycles. The van der Waals surface area contributed by atoms with Crippen LogP contribution in [0.1, 0.15) is 37.0 Å². The maximum Gasteiger partial charge on any atom is 0.142 e. The molecule has 19 heavy (non-hydrogen) atoms. The Morgan fingerprint density at radius 2 is 2.32 bits per heavy atom. The lowest BCUT2D eigenvalue weighted by Crippen LogP contribution is -2.40. The van der Waals surface area contributed by atoms with Gasteiger partial charge in [-0.25, -0.2) is 0 Å². The molecule has 0 amide bonds. The van der Waals surface area contributed by atoms with Crippen LogP contribution in [0.3, 0.4) is 0 Å². The van der Waals surface area contributed by atoms with Gasteiger partial charge in [0.05, 0.1) is 6.54 Å². The summed E-state index contributed by atoms with van der Waals surface area (Å²) >= 11 is 3.81. The van der Waals surface area contributed by atoms with Gasteiger partial charge in [-0.15, -0.1) is 0 Å². The van der Waals surface area contributed by atoms with Crippen molar-refractivity contribution in [2.45, 2.75) is 36.8 Å². The van der Waals surface area contributed by atoms with E-state index in [1.807, 2.05) is 0 Å². The van der Waals surface area contributed by atoms with Gasteiger partial charge in [0.1, 0.15) is 16.4 Å². The van der Waals surface area contributed by atoms with E-state index in [-0.39, 0.29) is 10.6 Å². The number of nitrogens with one attached hydrogen (secondary N) is 1. The number of ether oxygens (including phenoxy) is 1. The molecule has 0 saturated carbocycles. The standard InChI is InChI=1S/C15H19BrN2O/c1-2-7-15(16)10-11-5-3-4-6-12(11)13(19-15)14-17-8-9-18-14/h3-6,13H,2,7-10H2,1H3,(H,17,18). The van der Waals surface area contributed by atoms with Gasteiger partial charge in [-0.2, -0.15) is 0 Å². The van der Waals surface area contributed by atoms with Gasteiger partial charge < -0.3 is 10.1 Å². The third-order valence-electron chi connectivity index (χ3n) is 3.69. The number of fused-ring (bicyclic) bond motifs is 1. The smallest absolute Gasteiger partial charge is 0.142 e. The zero-order valence-electron chi connectivity index (χ0n) is 11.2. The van der Waals surface area contributed by atoms with E-state index in [2.05, 4.69) is 57.4 Å². The van der Waals surface area contributed by atoms with Crippen LogP contribution in [0, 0.1) is 0 Å². The second-order valence-corrected chi connectivity index (χ2v) is 6.65. The number of amidine groups is 1. The molecule has 2 aliphatic rings. The molecule has 102 valence electrons. The van der Waals surface area contributed by atoms with Crippen molar-refractivity contribution in [3.05, 3.63) is 35.4 Å². The SMILES string of the molecule is CCCC1(Br)Cc2ccccc2C(C2=NCCN2)O1. The van der Waals surface area contributed by atoms with E-state index in [9.17, 15) is 0 Å². The summed E-state index contributed by atoms with van der Waals surface area (Å²) in [6, 6.07) is 8.53. The summed E-state index contributed by atoms with van der Waals surface area (Å²) in [5, 5.41) is 3.35. The largest absolute Gasteiger partial charge is 0.369 e. The Kier molecular flexibility index (Phi) is 3.63. The molecule has 3 nitrogen and oxygen atoms in total. The molecule has 0 bridgehead atoms. The molecule has 3 rings (SSSR count). The predicted molar refractivity (Wildman–Crippen MR) is 80.8 cm³/mol. The van der Waals surface area contributed by atoms with E-state index in [1.165, 1.54) is 11.1 Å². The Hall–Kier alpha value is -0.870. The molecular formula is C15H19BrN2O. The van der Waals surface area contributed by atoms with E-state index < -0.39 is 0 Å². The molecule has 2 aliphatic heterocycles. The Labute approximate surface area is 122 Å². The topological polar surface area (TPSA) is 33.6 Å². The Bertz CT molecular complexity index is 503. The first kappa shape index (κ1) is 13.1. The number of alkyl halides is 1. The number of benzene rings is 1. The van der Waals surface area contributed by atoms with Crippen molar-refractivity contribution < 1.29 is 4.74 Å². The van der Waals surface area contributed by atoms with Crippen LogP contribution in [0.15, 0.2) is 29.3 Å². The van der Waals surface area contributed by atoms with Gasteiger partial charge >= 0.3 is 0 Å². The zero-order chi connectivity index (χ0) is 13.3. The van der Waals surface area contributed by atoms with Gasteiger partial charge in [-0.1, -0.05) is 53.5 Å². The maximum atomic E-state index is 6.35. The Morgan fingerprint density at radius 3 is 3.05 bits per heavy atom. The van der Waals surface area contributed by atoms with Crippen molar-refractivity contribution in [2.75, 3.05) is 13.1 Å². The van der Waals surface area contributed by atoms with E-state index in [1.54, 1.807) is 0 Å². The summed E-state index contributed by atoms with van der Waals surface area (Å²) < 4.78 is 6.09. The third-order valence-corrected chi connectivity index (χ3v) is 4.56. The number of aliphatic imine (C=N–C) groups is 1. The molecule has 0 fully saturated rings. The summed E-state index contributed by atoms with van der Waals surface area (Å²) in [5.41, 5.74) is 2.61. The van der Waals surface area contributed by atoms with Crippen molar-refractivity contribution in [1.82, 2.24) is 5.32 Å². The summed E-state index contributed by atoms with van der Waals surface area (Å²) in [4.78, 5) is 4.54. The lowest BCUT2D eigenvalue weighted by molar-refractivity contribution is -0.0166. The lowest BCUT2D eigenvalue weighted by atomic mass is 9.92. The van der Waals surface area contributed by atoms with E-state index >= 15 is 0 Å². The number of halogens is 1. The minimum Gasteiger partial charge on any atom is -0.369 e. The highest BCUT2D eigenvalue weighted by Gasteiger charge is 2.39. The highest BCUT2D eigenvalue weighted by atomic mass is 79.9. The minimum absolute atomic E-state index is 0.0571. The van der Waals surface area contributed by atoms with Crippen LogP contribution in [-0.4, -0.2) is 23.4 Å². The molecule has 0 spiro atoms. The molecule has 2 atom stereocenters. The van der Waals surface area contributed by atoms with Crippen molar-refractivity contribution in [1.29, 1.82) is 0 Å². The van der Waals surface area contributed by atoms with Crippen LogP contribution >= 0.6 is 15.9 Å². The van der Waals surface area contributed by atoms with Crippen molar-refractivity contribution >= 4 is 21.8 Å². The van der Waals surface area contributed by atoms with E-state index in [0.717, 1.165) is 38.2 Å². The van der Waals surface area contributed by atoms with Crippen molar-refractivity contribution in [3.63, 3.8) is 0 Å².